The van der Waals surface area contributed by atoms with Gasteiger partial charge in [-0.05, 0) is 54.3 Å². The van der Waals surface area contributed by atoms with Crippen LogP contribution in [0, 0.1) is 6.92 Å². The summed E-state index contributed by atoms with van der Waals surface area (Å²) in [4.78, 5) is 34.4. The molecule has 11 nitrogen and oxygen atoms in total. The van der Waals surface area contributed by atoms with E-state index < -0.39 is 14.1 Å². The number of carbonyl (C=O) groups excluding carboxylic acids is 2. The number of nitrogens with one attached hydrogen (secondary N) is 4. The molecule has 0 atom stereocenters. The van der Waals surface area contributed by atoms with E-state index in [4.69, 9.17) is 9.84 Å². The van der Waals surface area contributed by atoms with Gasteiger partial charge in [-0.25, -0.2) is 14.5 Å². The van der Waals surface area contributed by atoms with Crippen molar-refractivity contribution in [1.29, 1.82) is 0 Å². The van der Waals surface area contributed by atoms with Crippen molar-refractivity contribution in [3.63, 3.8) is 0 Å². The fourth-order valence-electron chi connectivity index (χ4n) is 5.44. The number of benzene rings is 4. The Morgan fingerprint density at radius 3 is 2.56 bits per heavy atom. The second-order valence-corrected chi connectivity index (χ2v) is 17.7. The van der Waals surface area contributed by atoms with Crippen molar-refractivity contribution in [3.8, 4) is 17.3 Å². The summed E-state index contributed by atoms with van der Waals surface area (Å²) in [7, 11) is -1.80. The van der Waals surface area contributed by atoms with E-state index in [1.54, 1.807) is 23.0 Å². The first-order chi connectivity index (χ1) is 23.1. The fraction of sp³-hybridized carbons (Fsp3) is 0.139. The molecule has 0 bridgehead atoms. The lowest BCUT2D eigenvalue weighted by Gasteiger charge is -2.16. The number of aryl methyl sites for hydroxylation is 1. The van der Waals surface area contributed by atoms with Crippen LogP contribution in [-0.2, 0) is 11.2 Å². The van der Waals surface area contributed by atoms with Crippen molar-refractivity contribution in [2.24, 2.45) is 0 Å². The van der Waals surface area contributed by atoms with E-state index in [0.717, 1.165) is 44.3 Å². The maximum absolute atomic E-state index is 13.7. The van der Waals surface area contributed by atoms with Crippen molar-refractivity contribution in [2.45, 2.75) is 33.0 Å². The Kier molecular flexibility index (Phi) is 7.85. The predicted octanol–water partition coefficient (Wildman–Crippen LogP) is 7.34. The summed E-state index contributed by atoms with van der Waals surface area (Å²) in [6.07, 6.45) is 1.95. The first kappa shape index (κ1) is 30.6. The van der Waals surface area contributed by atoms with Crippen LogP contribution in [0.2, 0.25) is 19.6 Å². The number of amides is 3. The van der Waals surface area contributed by atoms with Gasteiger partial charge >= 0.3 is 6.03 Å². The largest absolute Gasteiger partial charge is 0.437 e. The second-order valence-electron chi connectivity index (χ2n) is 12.7. The van der Waals surface area contributed by atoms with Gasteiger partial charge in [0.25, 0.3) is 0 Å². The van der Waals surface area contributed by atoms with Gasteiger partial charge in [0.2, 0.25) is 17.7 Å². The van der Waals surface area contributed by atoms with E-state index in [9.17, 15) is 9.59 Å². The van der Waals surface area contributed by atoms with Crippen LogP contribution in [0.1, 0.15) is 11.1 Å². The van der Waals surface area contributed by atoms with Crippen LogP contribution in [0.5, 0.6) is 11.6 Å². The average molecular weight is 655 g/mol. The van der Waals surface area contributed by atoms with Gasteiger partial charge in [0, 0.05) is 34.3 Å². The summed E-state index contributed by atoms with van der Waals surface area (Å²) in [5, 5.41) is 19.7. The van der Waals surface area contributed by atoms with Gasteiger partial charge in [-0.1, -0.05) is 73.7 Å². The highest BCUT2D eigenvalue weighted by atomic mass is 28.3. The van der Waals surface area contributed by atoms with Crippen molar-refractivity contribution >= 4 is 64.9 Å². The minimum absolute atomic E-state index is 0.0320. The summed E-state index contributed by atoms with van der Waals surface area (Å²) < 4.78 is 8.06. The molecule has 240 valence electrons. The number of carbonyl (C=O) groups is 2. The molecule has 0 saturated heterocycles. The summed E-state index contributed by atoms with van der Waals surface area (Å²) in [6.45, 7) is 8.69. The van der Waals surface area contributed by atoms with Gasteiger partial charge in [-0.3, -0.25) is 10.1 Å². The Labute approximate surface area is 278 Å². The van der Waals surface area contributed by atoms with Gasteiger partial charge in [0.05, 0.1) is 17.8 Å². The molecule has 0 fully saturated rings. The molecule has 4 N–H and O–H groups in total. The second kappa shape index (κ2) is 12.3. The highest BCUT2D eigenvalue weighted by Gasteiger charge is 2.24. The van der Waals surface area contributed by atoms with Crippen LogP contribution >= 0.6 is 0 Å². The van der Waals surface area contributed by atoms with Crippen molar-refractivity contribution in [2.75, 3.05) is 21.3 Å². The normalized spacial score (nSPS) is 12.4. The summed E-state index contributed by atoms with van der Waals surface area (Å²) in [5.41, 5.74) is 4.91. The highest BCUT2D eigenvalue weighted by Crippen LogP contribution is 2.36. The zero-order chi connectivity index (χ0) is 33.4. The van der Waals surface area contributed by atoms with Crippen molar-refractivity contribution in [1.82, 2.24) is 19.7 Å². The Bertz CT molecular complexity index is 2190. The molecule has 6 aromatic rings. The van der Waals surface area contributed by atoms with E-state index in [1.165, 1.54) is 0 Å². The number of nitrogens with zero attached hydrogens (tertiary/aromatic N) is 4. The summed E-state index contributed by atoms with van der Waals surface area (Å²) >= 11 is 0. The molecule has 0 aliphatic carbocycles. The first-order valence-electron chi connectivity index (χ1n) is 15.6. The minimum Gasteiger partial charge on any atom is -0.437 e. The van der Waals surface area contributed by atoms with Gasteiger partial charge in [-0.2, -0.15) is 10.1 Å². The lowest BCUT2D eigenvalue weighted by atomic mass is 10.1. The third-order valence-electron chi connectivity index (χ3n) is 7.96. The Morgan fingerprint density at radius 2 is 1.75 bits per heavy atom. The van der Waals surface area contributed by atoms with E-state index in [0.29, 0.717) is 29.6 Å². The smallest absolute Gasteiger partial charge is 0.324 e. The van der Waals surface area contributed by atoms with Crippen LogP contribution in [-0.4, -0.2) is 39.8 Å². The van der Waals surface area contributed by atoms with Gasteiger partial charge in [-0.15, -0.1) is 0 Å². The zero-order valence-electron chi connectivity index (χ0n) is 27.0. The molecular formula is C36H34N8O3Si. The van der Waals surface area contributed by atoms with Gasteiger partial charge in [0.15, 0.2) is 5.75 Å². The Hall–Kier alpha value is -6.01. The highest BCUT2D eigenvalue weighted by molar-refractivity contribution is 6.88. The molecule has 1 aliphatic rings. The molecule has 12 heteroatoms. The van der Waals surface area contributed by atoms with E-state index >= 15 is 0 Å². The van der Waals surface area contributed by atoms with Gasteiger partial charge in [0.1, 0.15) is 13.9 Å². The van der Waals surface area contributed by atoms with E-state index in [2.05, 4.69) is 50.9 Å². The monoisotopic (exact) mass is 654 g/mol. The van der Waals surface area contributed by atoms with Gasteiger partial charge < -0.3 is 20.7 Å². The number of urea groups is 1. The quantitative estimate of drug-likeness (QED) is 0.126. The third kappa shape index (κ3) is 6.46. The Balaban J connectivity index is 1.16. The molecule has 0 radical (unpaired) electrons. The SMILES string of the molecule is Cc1ccc(-n2nc([Si](C)(C)C)cc2NC(=O)Nc2c(Oc3ccnc(Nc4ccc5c(c4)NC(=O)C5)n3)ccc3ccccc23)cc1. The molecule has 1 aliphatic heterocycles. The molecule has 3 amide bonds. The number of anilines is 5. The maximum Gasteiger partial charge on any atom is 0.324 e. The van der Waals surface area contributed by atoms with Crippen LogP contribution in [0.3, 0.4) is 0 Å². The number of ether oxygens (including phenoxy) is 1. The van der Waals surface area contributed by atoms with Crippen LogP contribution < -0.4 is 31.3 Å². The molecule has 0 saturated carbocycles. The molecule has 7 rings (SSSR count). The first-order valence-corrected chi connectivity index (χ1v) is 19.1. The minimum atomic E-state index is -1.80. The Morgan fingerprint density at radius 1 is 0.938 bits per heavy atom. The maximum atomic E-state index is 13.7. The molecule has 2 aromatic heterocycles. The van der Waals surface area contributed by atoms with E-state index in [-0.39, 0.29) is 11.8 Å². The number of fused-ring (bicyclic) bond motifs is 2. The van der Waals surface area contributed by atoms with Crippen molar-refractivity contribution < 1.29 is 14.3 Å². The van der Waals surface area contributed by atoms with Crippen LogP contribution in [0.15, 0.2) is 97.2 Å². The van der Waals surface area contributed by atoms with Crippen molar-refractivity contribution in [3.05, 3.63) is 108 Å². The average Bonchev–Trinajstić information content (AvgIpc) is 3.65. The molecular weight excluding hydrogens is 621 g/mol. The number of hydrogen-bond acceptors (Lipinski definition) is 7. The van der Waals surface area contributed by atoms with Crippen LogP contribution in [0.4, 0.5) is 33.6 Å². The van der Waals surface area contributed by atoms with Crippen LogP contribution in [0.25, 0.3) is 16.5 Å². The number of aromatic nitrogens is 4. The lowest BCUT2D eigenvalue weighted by molar-refractivity contribution is -0.115. The summed E-state index contributed by atoms with van der Waals surface area (Å²) in [6, 6.07) is 28.3. The lowest BCUT2D eigenvalue weighted by Crippen LogP contribution is -2.39. The predicted molar refractivity (Wildman–Crippen MR) is 192 cm³/mol. The van der Waals surface area contributed by atoms with E-state index in [1.807, 2.05) is 85.8 Å². The number of hydrogen-bond donors (Lipinski definition) is 4. The molecule has 0 unspecified atom stereocenters. The molecule has 4 aromatic carbocycles. The summed E-state index contributed by atoms with van der Waals surface area (Å²) in [5.74, 6) is 1.53. The third-order valence-corrected chi connectivity index (χ3v) is 9.74. The topological polar surface area (TPSA) is 135 Å². The zero-order valence-corrected chi connectivity index (χ0v) is 28.0. The molecule has 48 heavy (non-hydrogen) atoms. The molecule has 3 heterocycles. The molecule has 0 spiro atoms. The standard InChI is InChI=1S/C36H34N8O3Si/c1-22-9-14-26(15-10-22)44-30(21-33(43-44)48(2,3)4)40-36(46)42-34-27-8-6-5-7-23(27)12-16-29(34)47-32-17-18-37-35(41-32)38-25-13-11-24-19-31(45)39-28(24)20-25/h5-18,20-21H,19H2,1-4H3,(H,39,45)(H,37,38,41)(H2,40,42,46). The fourth-order valence-corrected chi connectivity index (χ4v) is 6.41. The number of rotatable bonds is 8.